The first kappa shape index (κ1) is 28.8. The molecule has 1 aliphatic carbocycles. The number of ketones is 1. The Hall–Kier alpha value is -2.96. The van der Waals surface area contributed by atoms with E-state index in [2.05, 4.69) is 32.4 Å². The zero-order valence-corrected chi connectivity index (χ0v) is 24.9. The first-order valence-corrected chi connectivity index (χ1v) is 15.9. The van der Waals surface area contributed by atoms with Gasteiger partial charge in [-0.05, 0) is 83.0 Å². The number of piperidine rings is 1. The van der Waals surface area contributed by atoms with Crippen molar-refractivity contribution in [3.8, 4) is 0 Å². The molecule has 2 atom stereocenters. The van der Waals surface area contributed by atoms with Gasteiger partial charge < -0.3 is 19.9 Å². The average Bonchev–Trinajstić information content (AvgIpc) is 3.81. The zero-order valence-electron chi connectivity index (χ0n) is 24.9. The molecule has 1 saturated carbocycles. The van der Waals surface area contributed by atoms with Gasteiger partial charge in [0.25, 0.3) is 6.43 Å². The van der Waals surface area contributed by atoms with Gasteiger partial charge in [0.2, 0.25) is 0 Å². The summed E-state index contributed by atoms with van der Waals surface area (Å²) >= 11 is 0. The van der Waals surface area contributed by atoms with E-state index in [-0.39, 0.29) is 41.6 Å². The van der Waals surface area contributed by atoms with E-state index in [0.717, 1.165) is 76.6 Å². The number of nitrogens with zero attached hydrogens (tertiary/aromatic N) is 7. The number of nitrogens with one attached hydrogen (secondary N) is 1. The molecule has 3 saturated heterocycles. The number of hydrogen-bond donors (Lipinski definition) is 1. The average molecular weight is 597 g/mol. The number of rotatable bonds is 10. The number of carbonyl (C=O) groups excluding carboxylic acids is 1. The van der Waals surface area contributed by atoms with Crippen LogP contribution in [0.5, 0.6) is 0 Å². The van der Waals surface area contributed by atoms with E-state index >= 15 is 0 Å². The molecule has 3 aromatic heterocycles. The lowest BCUT2D eigenvalue weighted by Crippen LogP contribution is -2.37. The molecule has 12 heteroatoms. The van der Waals surface area contributed by atoms with Gasteiger partial charge in [-0.1, -0.05) is 0 Å². The summed E-state index contributed by atoms with van der Waals surface area (Å²) in [6.45, 7) is 5.93. The molecule has 3 aliphatic heterocycles. The lowest BCUT2D eigenvalue weighted by Gasteiger charge is -2.33. The van der Waals surface area contributed by atoms with Crippen LogP contribution >= 0.6 is 0 Å². The van der Waals surface area contributed by atoms with Gasteiger partial charge in [-0.25, -0.2) is 18.3 Å². The highest BCUT2D eigenvalue weighted by Crippen LogP contribution is 2.35. The smallest absolute Gasteiger partial charge is 0.282 e. The van der Waals surface area contributed by atoms with Gasteiger partial charge in [0.15, 0.2) is 11.4 Å². The van der Waals surface area contributed by atoms with Crippen LogP contribution in [0.3, 0.4) is 0 Å². The number of hydrogen-bond acceptors (Lipinski definition) is 8. The van der Waals surface area contributed by atoms with Crippen molar-refractivity contribution in [2.75, 3.05) is 51.3 Å². The van der Waals surface area contributed by atoms with Crippen LogP contribution in [0.15, 0.2) is 24.7 Å². The van der Waals surface area contributed by atoms with Crippen LogP contribution in [0.25, 0.3) is 5.65 Å². The first-order chi connectivity index (χ1) is 20.9. The van der Waals surface area contributed by atoms with Crippen molar-refractivity contribution >= 4 is 17.2 Å². The van der Waals surface area contributed by atoms with Crippen molar-refractivity contribution in [3.05, 3.63) is 41.5 Å². The van der Waals surface area contributed by atoms with E-state index in [4.69, 9.17) is 9.72 Å². The summed E-state index contributed by atoms with van der Waals surface area (Å²) in [4.78, 5) is 23.0. The summed E-state index contributed by atoms with van der Waals surface area (Å²) in [6.07, 6.45) is 9.69. The molecule has 0 unspecified atom stereocenters. The second-order valence-corrected chi connectivity index (χ2v) is 13.1. The summed E-state index contributed by atoms with van der Waals surface area (Å²) in [5.41, 5.74) is 0.772. The van der Waals surface area contributed by atoms with E-state index in [0.29, 0.717) is 23.7 Å². The lowest BCUT2D eigenvalue weighted by molar-refractivity contribution is 0.0985. The number of morpholine rings is 1. The highest BCUT2D eigenvalue weighted by molar-refractivity contribution is 6.02. The van der Waals surface area contributed by atoms with Gasteiger partial charge in [-0.2, -0.15) is 10.2 Å². The molecule has 7 rings (SSSR count). The van der Waals surface area contributed by atoms with Gasteiger partial charge in [0, 0.05) is 44.0 Å². The minimum atomic E-state index is -2.74. The quantitative estimate of drug-likeness (QED) is 0.352. The minimum Gasteiger partial charge on any atom is -0.374 e. The molecule has 1 N–H and O–H groups in total. The number of fused-ring (bicyclic) bond motifs is 3. The number of ether oxygens (including phenoxy) is 1. The van der Waals surface area contributed by atoms with Gasteiger partial charge >= 0.3 is 0 Å². The maximum absolute atomic E-state index is 14.1. The molecule has 10 nitrogen and oxygen atoms in total. The van der Waals surface area contributed by atoms with Crippen LogP contribution in [0, 0.1) is 11.8 Å². The van der Waals surface area contributed by atoms with Crippen molar-refractivity contribution < 1.29 is 18.3 Å². The summed E-state index contributed by atoms with van der Waals surface area (Å²) in [5.74, 6) is 1.89. The van der Waals surface area contributed by atoms with Gasteiger partial charge in [-0.15, -0.1) is 0 Å². The molecular weight excluding hydrogens is 554 g/mol. The zero-order chi connectivity index (χ0) is 29.5. The number of anilines is 1. The molecule has 0 spiro atoms. The van der Waals surface area contributed by atoms with Crippen molar-refractivity contribution in [2.24, 2.45) is 11.8 Å². The van der Waals surface area contributed by atoms with E-state index < -0.39 is 6.43 Å². The molecule has 0 radical (unpaired) electrons. The number of halogens is 2. The Labute approximate surface area is 250 Å². The fourth-order valence-electron chi connectivity index (χ4n) is 7.73. The SMILES string of the molecule is CN(CC1CCNCC1)CC1CCC(n2cc(CC(=O)c3cnn4ccc(N5C[C@H]6C[C@@H]5CO6)nc34)c(C(F)F)n2)CC1. The van der Waals surface area contributed by atoms with Crippen LogP contribution in [-0.4, -0.2) is 93.6 Å². The van der Waals surface area contributed by atoms with Crippen molar-refractivity contribution in [2.45, 2.75) is 76.0 Å². The number of aromatic nitrogens is 5. The molecule has 43 heavy (non-hydrogen) atoms. The Balaban J connectivity index is 1.00. The fourth-order valence-corrected chi connectivity index (χ4v) is 7.73. The summed E-state index contributed by atoms with van der Waals surface area (Å²) < 4.78 is 37.2. The molecule has 2 bridgehead atoms. The van der Waals surface area contributed by atoms with Crippen molar-refractivity contribution in [3.63, 3.8) is 0 Å². The minimum absolute atomic E-state index is 0.0771. The molecule has 0 aromatic carbocycles. The van der Waals surface area contributed by atoms with Crippen LogP contribution in [0.1, 0.15) is 79.0 Å². The summed E-state index contributed by atoms with van der Waals surface area (Å²) in [6, 6.07) is 2.26. The van der Waals surface area contributed by atoms with Gasteiger partial charge in [0.05, 0.1) is 36.6 Å². The lowest BCUT2D eigenvalue weighted by atomic mass is 9.85. The van der Waals surface area contributed by atoms with Gasteiger partial charge in [-0.3, -0.25) is 9.48 Å². The first-order valence-electron chi connectivity index (χ1n) is 15.9. The predicted molar refractivity (Wildman–Crippen MR) is 158 cm³/mol. The van der Waals surface area contributed by atoms with E-state index in [1.54, 1.807) is 21.6 Å². The second-order valence-electron chi connectivity index (χ2n) is 13.1. The van der Waals surface area contributed by atoms with Crippen LogP contribution < -0.4 is 10.2 Å². The molecule has 3 aromatic rings. The molecule has 4 aliphatic rings. The third-order valence-corrected chi connectivity index (χ3v) is 10.0. The van der Waals surface area contributed by atoms with Gasteiger partial charge in [0.1, 0.15) is 11.5 Å². The highest BCUT2D eigenvalue weighted by Gasteiger charge is 2.40. The molecule has 0 amide bonds. The molecule has 6 heterocycles. The summed E-state index contributed by atoms with van der Waals surface area (Å²) in [5, 5.41) is 12.1. The van der Waals surface area contributed by atoms with E-state index in [1.807, 2.05) is 6.07 Å². The van der Waals surface area contributed by atoms with Crippen molar-refractivity contribution in [1.82, 2.24) is 34.6 Å². The normalized spacial score (nSPS) is 26.4. The Morgan fingerprint density at radius 3 is 2.58 bits per heavy atom. The Bertz CT molecular complexity index is 1430. The largest absolute Gasteiger partial charge is 0.374 e. The molecule has 4 fully saturated rings. The number of alkyl halides is 2. The van der Waals surface area contributed by atoms with E-state index in [9.17, 15) is 13.6 Å². The number of carbonyl (C=O) groups is 1. The van der Waals surface area contributed by atoms with E-state index in [1.165, 1.54) is 19.0 Å². The summed E-state index contributed by atoms with van der Waals surface area (Å²) in [7, 11) is 2.23. The maximum Gasteiger partial charge on any atom is 0.282 e. The maximum atomic E-state index is 14.1. The molecule has 232 valence electrons. The topological polar surface area (TPSA) is 92.8 Å². The fraction of sp³-hybridized carbons (Fsp3) is 0.677. The predicted octanol–water partition coefficient (Wildman–Crippen LogP) is 3.93. The Morgan fingerprint density at radius 2 is 1.88 bits per heavy atom. The third-order valence-electron chi connectivity index (χ3n) is 10.0. The molecular formula is C31H42F2N8O2. The van der Waals surface area contributed by atoms with Crippen LogP contribution in [-0.2, 0) is 11.2 Å². The Morgan fingerprint density at radius 1 is 1.12 bits per heavy atom. The highest BCUT2D eigenvalue weighted by atomic mass is 19.3. The van der Waals surface area contributed by atoms with Crippen LogP contribution in [0.2, 0.25) is 0 Å². The Kier molecular flexibility index (Phi) is 8.17. The van der Waals surface area contributed by atoms with Crippen LogP contribution in [0.4, 0.5) is 14.6 Å². The third kappa shape index (κ3) is 6.06. The second kappa shape index (κ2) is 12.2. The number of Topliss-reactive ketones (excluding diaryl/α,β-unsaturated/α-hetero) is 1. The van der Waals surface area contributed by atoms with Crippen molar-refractivity contribution in [1.29, 1.82) is 0 Å². The standard InChI is InChI=1S/C31H42F2N8O2/c1-38(16-21-6-9-34-10-7-21)15-20-2-4-23(5-3-20)41-17-22(29(37-41)30(32)33)12-27(42)26-14-35-40-11-8-28(36-31(26)40)39-18-25-13-24(39)19-43-25/h8,11,14,17,20-21,23-25,30,34H,2-7,9-10,12-13,15-16,18-19H2,1H3/t20?,23?,24-,25-/m1/s1. The monoisotopic (exact) mass is 596 g/mol.